The third kappa shape index (κ3) is 3.29. The summed E-state index contributed by atoms with van der Waals surface area (Å²) >= 11 is 0. The Bertz CT molecular complexity index is 906. The second-order valence-corrected chi connectivity index (χ2v) is 7.53. The van der Waals surface area contributed by atoms with Crippen LogP contribution in [0.15, 0.2) is 29.3 Å². The quantitative estimate of drug-likeness (QED) is 0.697. The first kappa shape index (κ1) is 19.5. The summed E-state index contributed by atoms with van der Waals surface area (Å²) in [7, 11) is 3.16. The van der Waals surface area contributed by atoms with E-state index in [1.54, 1.807) is 19.2 Å². The largest absolute Gasteiger partial charge is 0.367 e. The molecule has 4 rings (SSSR count). The number of para-hydroxylation sites is 1. The van der Waals surface area contributed by atoms with E-state index in [0.717, 1.165) is 36.9 Å². The van der Waals surface area contributed by atoms with Crippen molar-refractivity contribution in [2.24, 2.45) is 4.99 Å². The summed E-state index contributed by atoms with van der Waals surface area (Å²) in [5, 5.41) is 0. The van der Waals surface area contributed by atoms with Crippen molar-refractivity contribution in [3.63, 3.8) is 0 Å². The van der Waals surface area contributed by atoms with E-state index in [0.29, 0.717) is 24.6 Å². The Balaban J connectivity index is 1.48. The highest BCUT2D eigenvalue weighted by Crippen LogP contribution is 2.22. The van der Waals surface area contributed by atoms with Crippen molar-refractivity contribution in [2.75, 3.05) is 58.3 Å². The van der Waals surface area contributed by atoms with Gasteiger partial charge in [0.05, 0.1) is 12.2 Å². The maximum Gasteiger partial charge on any atom is 0.333 e. The molecule has 1 atom stereocenters. The molecule has 29 heavy (non-hydrogen) atoms. The number of hydrogen-bond donors (Lipinski definition) is 0. The van der Waals surface area contributed by atoms with Gasteiger partial charge in [0.25, 0.3) is 17.8 Å². The average molecular weight is 401 g/mol. The molecule has 1 aromatic rings. The highest BCUT2D eigenvalue weighted by atomic mass is 19.1. The molecule has 9 heteroatoms. The fraction of sp³-hybridized carbons (Fsp3) is 0.500. The van der Waals surface area contributed by atoms with Gasteiger partial charge in [-0.05, 0) is 24.0 Å². The molecule has 0 spiro atoms. The molecule has 1 aromatic carbocycles. The summed E-state index contributed by atoms with van der Waals surface area (Å²) in [4.78, 5) is 36.5. The van der Waals surface area contributed by atoms with Gasteiger partial charge in [-0.15, -0.1) is 0 Å². The minimum Gasteiger partial charge on any atom is -0.367 e. The first-order valence-electron chi connectivity index (χ1n) is 9.90. The Morgan fingerprint density at radius 1 is 1.10 bits per heavy atom. The van der Waals surface area contributed by atoms with E-state index >= 15 is 0 Å². The number of halogens is 1. The molecule has 3 amide bonds. The summed E-state index contributed by atoms with van der Waals surface area (Å²) in [6.45, 7) is 6.20. The zero-order valence-corrected chi connectivity index (χ0v) is 17.0. The Morgan fingerprint density at radius 2 is 1.79 bits per heavy atom. The predicted molar refractivity (Wildman–Crippen MR) is 108 cm³/mol. The summed E-state index contributed by atoms with van der Waals surface area (Å²) in [6.07, 6.45) is 0. The van der Waals surface area contributed by atoms with Crippen molar-refractivity contribution < 1.29 is 18.6 Å². The number of amides is 3. The number of carbonyl (C=O) groups excluding carboxylic acids is 2. The number of nitrogens with zero attached hydrogens (tertiary/aromatic N) is 6. The molecule has 0 aromatic heterocycles. The molecule has 3 aliphatic rings. The van der Waals surface area contributed by atoms with E-state index in [9.17, 15) is 14.0 Å². The van der Waals surface area contributed by atoms with E-state index in [1.807, 2.05) is 17.6 Å². The van der Waals surface area contributed by atoms with Crippen LogP contribution in [0.4, 0.5) is 14.9 Å². The van der Waals surface area contributed by atoms with Crippen LogP contribution < -0.4 is 4.90 Å². The first-order valence-corrected chi connectivity index (χ1v) is 9.90. The van der Waals surface area contributed by atoms with Gasteiger partial charge in [-0.25, -0.2) is 13.8 Å². The van der Waals surface area contributed by atoms with Gasteiger partial charge in [-0.2, -0.15) is 0 Å². The number of fused-ring (bicyclic) bond motifs is 1. The second-order valence-electron chi connectivity index (χ2n) is 7.53. The highest BCUT2D eigenvalue weighted by Gasteiger charge is 2.52. The Labute approximate surface area is 169 Å². The molecular formula is C20H26FN6O2+. The third-order valence-corrected chi connectivity index (χ3v) is 5.88. The van der Waals surface area contributed by atoms with Crippen LogP contribution in [0.5, 0.6) is 0 Å². The molecule has 8 nitrogen and oxygen atoms in total. The number of likely N-dealkylation sites (N-methyl/N-ethyl adjacent to an activating group) is 3. The number of anilines is 1. The topological polar surface area (TPSA) is 62.5 Å². The van der Waals surface area contributed by atoms with Gasteiger partial charge in [-0.1, -0.05) is 12.1 Å². The number of hydrogen-bond acceptors (Lipinski definition) is 5. The van der Waals surface area contributed by atoms with Crippen molar-refractivity contribution in [1.29, 1.82) is 0 Å². The lowest BCUT2D eigenvalue weighted by molar-refractivity contribution is -0.532. The standard InChI is InChI=1S/C20H26FN6O2/c1-4-27-16(22-18-17(27)19(28)24(3)20(29)23(18)2)13-25-9-11-26(12-10-25)15-8-6-5-7-14(15)21/h5-8,17H,4,9-13H2,1-3H3/q+1. The van der Waals surface area contributed by atoms with E-state index in [-0.39, 0.29) is 17.8 Å². The van der Waals surface area contributed by atoms with Crippen LogP contribution in [0.3, 0.4) is 0 Å². The molecule has 2 saturated heterocycles. The summed E-state index contributed by atoms with van der Waals surface area (Å²) in [5.41, 5.74) is 0.635. The molecule has 0 bridgehead atoms. The van der Waals surface area contributed by atoms with Gasteiger partial charge in [0.2, 0.25) is 0 Å². The predicted octanol–water partition coefficient (Wildman–Crippen LogP) is 0.683. The number of imide groups is 1. The molecule has 0 N–H and O–H groups in total. The normalized spacial score (nSPS) is 23.1. The second kappa shape index (κ2) is 7.55. The van der Waals surface area contributed by atoms with Gasteiger partial charge < -0.3 is 4.90 Å². The average Bonchev–Trinajstić information content (AvgIpc) is 3.10. The van der Waals surface area contributed by atoms with Crippen LogP contribution in [0.1, 0.15) is 6.92 Å². The number of urea groups is 1. The van der Waals surface area contributed by atoms with Crippen LogP contribution in [0.2, 0.25) is 0 Å². The van der Waals surface area contributed by atoms with E-state index < -0.39 is 6.04 Å². The minimum absolute atomic E-state index is 0.200. The Morgan fingerprint density at radius 3 is 2.45 bits per heavy atom. The molecule has 3 aliphatic heterocycles. The molecule has 0 saturated carbocycles. The fourth-order valence-electron chi connectivity index (χ4n) is 4.20. The first-order chi connectivity index (χ1) is 13.9. The zero-order chi connectivity index (χ0) is 20.7. The highest BCUT2D eigenvalue weighted by molar-refractivity contribution is 6.23. The molecule has 3 heterocycles. The van der Waals surface area contributed by atoms with Crippen LogP contribution in [0.25, 0.3) is 0 Å². The van der Waals surface area contributed by atoms with Crippen LogP contribution in [-0.2, 0) is 4.79 Å². The third-order valence-electron chi connectivity index (χ3n) is 5.88. The zero-order valence-electron chi connectivity index (χ0n) is 17.0. The maximum absolute atomic E-state index is 14.1. The number of benzene rings is 1. The lowest BCUT2D eigenvalue weighted by Crippen LogP contribution is -2.61. The van der Waals surface area contributed by atoms with Gasteiger partial charge in [0.1, 0.15) is 12.4 Å². The Hall–Kier alpha value is -2.81. The number of rotatable bonds is 4. The molecule has 2 fully saturated rings. The monoisotopic (exact) mass is 401 g/mol. The Kier molecular flexibility index (Phi) is 5.08. The molecule has 0 aliphatic carbocycles. The number of carbonyl (C=O) groups is 2. The van der Waals surface area contributed by atoms with E-state index in [1.165, 1.54) is 18.0 Å². The van der Waals surface area contributed by atoms with Crippen molar-refractivity contribution >= 4 is 29.3 Å². The SMILES string of the molecule is CC[N+]1=C(CN2CCN(c3ccccc3F)CC2)N=C2C1C(=O)N(C)C(=O)N2C. The summed E-state index contributed by atoms with van der Waals surface area (Å²) < 4.78 is 16.0. The molecular weight excluding hydrogens is 375 g/mol. The van der Waals surface area contributed by atoms with E-state index in [2.05, 4.69) is 14.8 Å². The van der Waals surface area contributed by atoms with Crippen molar-refractivity contribution in [3.05, 3.63) is 30.1 Å². The molecule has 0 radical (unpaired) electrons. The smallest absolute Gasteiger partial charge is 0.333 e. The van der Waals surface area contributed by atoms with Gasteiger partial charge >= 0.3 is 11.9 Å². The van der Waals surface area contributed by atoms with Crippen molar-refractivity contribution in [1.82, 2.24) is 14.7 Å². The van der Waals surface area contributed by atoms with Crippen LogP contribution in [-0.4, -0.2) is 102 Å². The van der Waals surface area contributed by atoms with Crippen molar-refractivity contribution in [2.45, 2.75) is 13.0 Å². The van der Waals surface area contributed by atoms with Crippen LogP contribution in [0, 0.1) is 5.82 Å². The van der Waals surface area contributed by atoms with Gasteiger partial charge in [0, 0.05) is 40.3 Å². The number of aliphatic imine (C=N–C) groups is 1. The van der Waals surface area contributed by atoms with Crippen LogP contribution >= 0.6 is 0 Å². The number of amidine groups is 2. The number of piperazine rings is 1. The minimum atomic E-state index is -0.539. The summed E-state index contributed by atoms with van der Waals surface area (Å²) in [5.74, 6) is 0.859. The van der Waals surface area contributed by atoms with Gasteiger partial charge in [0.15, 0.2) is 0 Å². The van der Waals surface area contributed by atoms with Crippen molar-refractivity contribution in [3.8, 4) is 0 Å². The summed E-state index contributed by atoms with van der Waals surface area (Å²) in [6, 6.07) is 5.94. The molecule has 154 valence electrons. The molecule has 1 unspecified atom stereocenters. The van der Waals surface area contributed by atoms with Gasteiger partial charge in [-0.3, -0.25) is 19.5 Å². The fourth-order valence-corrected chi connectivity index (χ4v) is 4.20. The van der Waals surface area contributed by atoms with E-state index in [4.69, 9.17) is 0 Å². The maximum atomic E-state index is 14.1. The lowest BCUT2D eigenvalue weighted by atomic mass is 10.1. The lowest BCUT2D eigenvalue weighted by Gasteiger charge is -2.35.